The molecule has 0 aliphatic heterocycles. The molecule has 0 heterocycles. The van der Waals surface area contributed by atoms with Gasteiger partial charge in [-0.25, -0.2) is 5.43 Å². The molecule has 0 atom stereocenters. The number of carbonyl (C=O) groups excluding carboxylic acids is 1. The highest BCUT2D eigenvalue weighted by atomic mass is 16.5. The van der Waals surface area contributed by atoms with Crippen molar-refractivity contribution in [2.45, 2.75) is 20.0 Å². The topological polar surface area (TPSA) is 83.7 Å². The fraction of sp³-hybridized carbons (Fsp3) is 0.160. The number of nitrogens with one attached hydrogen (secondary N) is 1. The lowest BCUT2D eigenvalue weighted by Crippen LogP contribution is -2.19. The van der Waals surface area contributed by atoms with Gasteiger partial charge in [-0.15, -0.1) is 0 Å². The highest BCUT2D eigenvalue weighted by molar-refractivity contribution is 5.83. The van der Waals surface area contributed by atoms with Crippen molar-refractivity contribution in [3.63, 3.8) is 0 Å². The lowest BCUT2D eigenvalue weighted by Gasteiger charge is -2.07. The van der Waals surface area contributed by atoms with Gasteiger partial charge in [0.15, 0.2) is 0 Å². The predicted octanol–water partition coefficient (Wildman–Crippen LogP) is 4.23. The first-order valence-corrected chi connectivity index (χ1v) is 9.92. The molecule has 6 nitrogen and oxygen atoms in total. The maximum atomic E-state index is 12.1. The van der Waals surface area contributed by atoms with E-state index in [1.807, 2.05) is 67.6 Å². The summed E-state index contributed by atoms with van der Waals surface area (Å²) >= 11 is 0. The van der Waals surface area contributed by atoms with E-state index in [1.165, 1.54) is 0 Å². The molecule has 0 unspecified atom stereocenters. The van der Waals surface area contributed by atoms with Crippen LogP contribution in [0.1, 0.15) is 29.2 Å². The summed E-state index contributed by atoms with van der Waals surface area (Å²) in [6, 6.07) is 24.2. The van der Waals surface area contributed by atoms with E-state index in [4.69, 9.17) is 14.7 Å². The summed E-state index contributed by atoms with van der Waals surface area (Å²) in [6.07, 6.45) is 1.80. The number of hydrogen-bond donors (Lipinski definition) is 1. The molecule has 6 heteroatoms. The molecule has 1 N–H and O–H groups in total. The fourth-order valence-electron chi connectivity index (χ4n) is 2.86. The van der Waals surface area contributed by atoms with E-state index in [1.54, 1.807) is 18.3 Å². The summed E-state index contributed by atoms with van der Waals surface area (Å²) in [4.78, 5) is 12.1. The lowest BCUT2D eigenvalue weighted by atomic mass is 10.1. The molecule has 0 aromatic heterocycles. The number of ether oxygens (including phenoxy) is 2. The zero-order valence-electron chi connectivity index (χ0n) is 17.2. The average molecular weight is 413 g/mol. The minimum atomic E-state index is -0.204. The second-order valence-electron chi connectivity index (χ2n) is 6.72. The van der Waals surface area contributed by atoms with Gasteiger partial charge < -0.3 is 9.47 Å². The first-order valence-electron chi connectivity index (χ1n) is 9.92. The maximum Gasteiger partial charge on any atom is 0.244 e. The molecule has 0 aliphatic carbocycles. The highest BCUT2D eigenvalue weighted by Crippen LogP contribution is 2.15. The normalized spacial score (nSPS) is 10.5. The second-order valence-corrected chi connectivity index (χ2v) is 6.72. The van der Waals surface area contributed by atoms with Gasteiger partial charge in [0.05, 0.1) is 30.9 Å². The Balaban J connectivity index is 1.50. The Morgan fingerprint density at radius 1 is 1.00 bits per heavy atom. The van der Waals surface area contributed by atoms with Crippen molar-refractivity contribution in [1.29, 1.82) is 5.26 Å². The zero-order chi connectivity index (χ0) is 21.9. The maximum absolute atomic E-state index is 12.1. The van der Waals surface area contributed by atoms with Crippen molar-refractivity contribution in [3.8, 4) is 17.6 Å². The van der Waals surface area contributed by atoms with Gasteiger partial charge in [-0.2, -0.15) is 10.4 Å². The van der Waals surface area contributed by atoms with Crippen molar-refractivity contribution in [3.05, 3.63) is 95.1 Å². The third kappa shape index (κ3) is 7.02. The number of nitrogens with zero attached hydrogens (tertiary/aromatic N) is 2. The number of rotatable bonds is 9. The van der Waals surface area contributed by atoms with Crippen LogP contribution in [-0.4, -0.2) is 18.7 Å². The van der Waals surface area contributed by atoms with E-state index in [2.05, 4.69) is 16.6 Å². The van der Waals surface area contributed by atoms with Crippen LogP contribution in [0, 0.1) is 11.3 Å². The van der Waals surface area contributed by atoms with Crippen LogP contribution in [0.2, 0.25) is 0 Å². The molecule has 1 amide bonds. The van der Waals surface area contributed by atoms with Crippen LogP contribution in [-0.2, 0) is 17.8 Å². The molecule has 0 fully saturated rings. The Kier molecular flexibility index (Phi) is 7.78. The minimum absolute atomic E-state index is 0.204. The first-order chi connectivity index (χ1) is 15.2. The van der Waals surface area contributed by atoms with Gasteiger partial charge in [0.25, 0.3) is 0 Å². The van der Waals surface area contributed by atoms with Crippen LogP contribution in [0.4, 0.5) is 0 Å². The summed E-state index contributed by atoms with van der Waals surface area (Å²) in [6.45, 7) is 2.89. The van der Waals surface area contributed by atoms with Crippen molar-refractivity contribution >= 4 is 12.1 Å². The monoisotopic (exact) mass is 413 g/mol. The minimum Gasteiger partial charge on any atom is -0.494 e. The molecule has 0 aliphatic rings. The molecule has 0 saturated heterocycles. The number of hydrazone groups is 1. The molecule has 3 aromatic rings. The summed E-state index contributed by atoms with van der Waals surface area (Å²) in [5, 5.41) is 13.0. The number of benzene rings is 3. The largest absolute Gasteiger partial charge is 0.494 e. The average Bonchev–Trinajstić information content (AvgIpc) is 2.80. The molecule has 0 bridgehead atoms. The zero-order valence-corrected chi connectivity index (χ0v) is 17.2. The first kappa shape index (κ1) is 21.6. The van der Waals surface area contributed by atoms with Crippen molar-refractivity contribution in [2.75, 3.05) is 6.61 Å². The molecule has 0 radical (unpaired) electrons. The fourth-order valence-corrected chi connectivity index (χ4v) is 2.86. The molecule has 0 spiro atoms. The van der Waals surface area contributed by atoms with Crippen LogP contribution in [0.25, 0.3) is 0 Å². The Morgan fingerprint density at radius 3 is 2.58 bits per heavy atom. The summed E-state index contributed by atoms with van der Waals surface area (Å²) in [7, 11) is 0. The number of amides is 1. The van der Waals surface area contributed by atoms with Crippen LogP contribution < -0.4 is 14.9 Å². The molecule has 156 valence electrons. The van der Waals surface area contributed by atoms with E-state index in [0.717, 1.165) is 22.4 Å². The van der Waals surface area contributed by atoms with Gasteiger partial charge in [0.1, 0.15) is 18.1 Å². The third-order valence-electron chi connectivity index (χ3n) is 4.32. The second kappa shape index (κ2) is 11.2. The molecule has 3 aromatic carbocycles. The van der Waals surface area contributed by atoms with Crippen molar-refractivity contribution in [1.82, 2.24) is 5.43 Å². The molecular formula is C25H23N3O3. The van der Waals surface area contributed by atoms with Gasteiger partial charge in [-0.1, -0.05) is 36.4 Å². The quantitative estimate of drug-likeness (QED) is 0.420. The van der Waals surface area contributed by atoms with Gasteiger partial charge in [-0.3, -0.25) is 4.79 Å². The number of hydrogen-bond acceptors (Lipinski definition) is 5. The lowest BCUT2D eigenvalue weighted by molar-refractivity contribution is -0.120. The summed E-state index contributed by atoms with van der Waals surface area (Å²) in [5.74, 6) is 1.25. The van der Waals surface area contributed by atoms with Gasteiger partial charge >= 0.3 is 0 Å². The van der Waals surface area contributed by atoms with E-state index < -0.39 is 0 Å². The Labute approximate surface area is 181 Å². The van der Waals surface area contributed by atoms with E-state index in [-0.39, 0.29) is 12.3 Å². The number of nitriles is 1. The highest BCUT2D eigenvalue weighted by Gasteiger charge is 2.03. The molecular weight excluding hydrogens is 390 g/mol. The van der Waals surface area contributed by atoms with Gasteiger partial charge in [-0.05, 0) is 60.0 Å². The van der Waals surface area contributed by atoms with E-state index >= 15 is 0 Å². The van der Waals surface area contributed by atoms with Gasteiger partial charge in [0.2, 0.25) is 5.91 Å². The smallest absolute Gasteiger partial charge is 0.244 e. The van der Waals surface area contributed by atoms with Crippen LogP contribution in [0.15, 0.2) is 77.9 Å². The van der Waals surface area contributed by atoms with Crippen LogP contribution in [0.5, 0.6) is 11.5 Å². The standard InChI is InChI=1S/C25H23N3O3/c1-2-30-23-11-9-19(10-12-23)15-25(29)28-27-17-21-6-4-8-24(14-21)31-18-22-7-3-5-20(13-22)16-26/h3-14,17H,2,15,18H2,1H3,(H,28,29)/b27-17-. The SMILES string of the molecule is CCOc1ccc(CC(=O)N/N=C\c2cccc(OCc3cccc(C#N)c3)c2)cc1. The Hall–Kier alpha value is -4.11. The molecule has 0 saturated carbocycles. The van der Waals surface area contributed by atoms with Crippen molar-refractivity contribution in [2.24, 2.45) is 5.10 Å². The summed E-state index contributed by atoms with van der Waals surface area (Å²) < 4.78 is 11.2. The predicted molar refractivity (Wildman–Crippen MR) is 119 cm³/mol. The Morgan fingerprint density at radius 2 is 1.81 bits per heavy atom. The number of carbonyl (C=O) groups is 1. The molecule has 31 heavy (non-hydrogen) atoms. The van der Waals surface area contributed by atoms with E-state index in [9.17, 15) is 4.79 Å². The molecule has 3 rings (SSSR count). The summed E-state index contributed by atoms with van der Waals surface area (Å²) in [5.41, 5.74) is 5.73. The van der Waals surface area contributed by atoms with E-state index in [0.29, 0.717) is 24.5 Å². The van der Waals surface area contributed by atoms with Crippen LogP contribution >= 0.6 is 0 Å². The third-order valence-corrected chi connectivity index (χ3v) is 4.32. The van der Waals surface area contributed by atoms with Gasteiger partial charge in [0, 0.05) is 0 Å². The Bertz CT molecular complexity index is 1090. The van der Waals surface area contributed by atoms with Crippen molar-refractivity contribution < 1.29 is 14.3 Å². The van der Waals surface area contributed by atoms with Crippen LogP contribution in [0.3, 0.4) is 0 Å².